The van der Waals surface area contributed by atoms with E-state index in [-0.39, 0.29) is 11.8 Å². The van der Waals surface area contributed by atoms with Crippen molar-refractivity contribution in [3.8, 4) is 0 Å². The molecule has 0 spiro atoms. The first-order valence-electron chi connectivity index (χ1n) is 10.0. The van der Waals surface area contributed by atoms with E-state index in [1.807, 2.05) is 58.7 Å². The van der Waals surface area contributed by atoms with E-state index in [9.17, 15) is 9.59 Å². The summed E-state index contributed by atoms with van der Waals surface area (Å²) in [5, 5.41) is 4.61. The van der Waals surface area contributed by atoms with Gasteiger partial charge in [0.25, 0.3) is 5.91 Å². The molecule has 1 aliphatic rings. The van der Waals surface area contributed by atoms with Crippen LogP contribution in [-0.4, -0.2) is 57.6 Å². The van der Waals surface area contributed by atoms with Crippen LogP contribution < -0.4 is 0 Å². The Morgan fingerprint density at radius 3 is 2.21 bits per heavy atom. The SMILES string of the molecule is Cc1nn(CC(C)C)c(C)c1CC(=O)N1CCN(C(=O)c2ccccc2)CC1. The number of rotatable bonds is 5. The lowest BCUT2D eigenvalue weighted by atomic mass is 10.1. The van der Waals surface area contributed by atoms with Crippen molar-refractivity contribution in [1.82, 2.24) is 19.6 Å². The second-order valence-electron chi connectivity index (χ2n) is 7.94. The van der Waals surface area contributed by atoms with Crippen LogP contribution in [-0.2, 0) is 17.8 Å². The molecule has 0 saturated carbocycles. The molecule has 1 fully saturated rings. The van der Waals surface area contributed by atoms with Crippen LogP contribution in [0.4, 0.5) is 0 Å². The molecule has 1 saturated heterocycles. The van der Waals surface area contributed by atoms with Crippen molar-refractivity contribution in [2.24, 2.45) is 5.92 Å². The maximum Gasteiger partial charge on any atom is 0.253 e. The van der Waals surface area contributed by atoms with Gasteiger partial charge < -0.3 is 9.80 Å². The summed E-state index contributed by atoms with van der Waals surface area (Å²) in [6.45, 7) is 11.5. The molecular weight excluding hydrogens is 352 g/mol. The fourth-order valence-electron chi connectivity index (χ4n) is 3.70. The van der Waals surface area contributed by atoms with Gasteiger partial charge in [0, 0.05) is 49.5 Å². The van der Waals surface area contributed by atoms with Gasteiger partial charge in [-0.1, -0.05) is 32.0 Å². The van der Waals surface area contributed by atoms with Gasteiger partial charge in [0.05, 0.1) is 12.1 Å². The number of hydrogen-bond donors (Lipinski definition) is 0. The third kappa shape index (κ3) is 4.43. The van der Waals surface area contributed by atoms with Crippen LogP contribution in [0.2, 0.25) is 0 Å². The summed E-state index contributed by atoms with van der Waals surface area (Å²) in [6, 6.07) is 9.31. The molecule has 150 valence electrons. The molecular formula is C22H30N4O2. The van der Waals surface area contributed by atoms with Gasteiger partial charge in [0.2, 0.25) is 5.91 Å². The van der Waals surface area contributed by atoms with Crippen LogP contribution >= 0.6 is 0 Å². The summed E-state index contributed by atoms with van der Waals surface area (Å²) in [6.07, 6.45) is 0.377. The average molecular weight is 383 g/mol. The van der Waals surface area contributed by atoms with Crippen molar-refractivity contribution < 1.29 is 9.59 Å². The third-order valence-corrected chi connectivity index (χ3v) is 5.34. The summed E-state index contributed by atoms with van der Waals surface area (Å²) in [5.74, 6) is 0.660. The lowest BCUT2D eigenvalue weighted by Gasteiger charge is -2.35. The third-order valence-electron chi connectivity index (χ3n) is 5.34. The number of hydrogen-bond acceptors (Lipinski definition) is 3. The largest absolute Gasteiger partial charge is 0.339 e. The van der Waals surface area contributed by atoms with Crippen LogP contribution in [0.15, 0.2) is 30.3 Å². The molecule has 6 heteroatoms. The number of nitrogens with zero attached hydrogens (tertiary/aromatic N) is 4. The Morgan fingerprint density at radius 1 is 1.00 bits per heavy atom. The molecule has 3 rings (SSSR count). The van der Waals surface area contributed by atoms with Crippen LogP contribution in [0.5, 0.6) is 0 Å². The molecule has 6 nitrogen and oxygen atoms in total. The Morgan fingerprint density at radius 2 is 1.61 bits per heavy atom. The molecule has 1 aromatic carbocycles. The molecule has 0 aliphatic carbocycles. The topological polar surface area (TPSA) is 58.4 Å². The zero-order valence-corrected chi connectivity index (χ0v) is 17.3. The summed E-state index contributed by atoms with van der Waals surface area (Å²) >= 11 is 0. The number of aryl methyl sites for hydroxylation is 1. The van der Waals surface area contributed by atoms with E-state index in [4.69, 9.17) is 0 Å². The standard InChI is InChI=1S/C22H30N4O2/c1-16(2)15-26-18(4)20(17(3)23-26)14-21(27)24-10-12-25(13-11-24)22(28)19-8-6-5-7-9-19/h5-9,16H,10-15H2,1-4H3. The van der Waals surface area contributed by atoms with Crippen molar-refractivity contribution in [3.05, 3.63) is 52.8 Å². The second kappa shape index (κ2) is 8.59. The van der Waals surface area contributed by atoms with Crippen LogP contribution in [0, 0.1) is 19.8 Å². The predicted molar refractivity (Wildman–Crippen MR) is 109 cm³/mol. The number of aromatic nitrogens is 2. The zero-order valence-electron chi connectivity index (χ0n) is 17.3. The van der Waals surface area contributed by atoms with Crippen molar-refractivity contribution in [2.75, 3.05) is 26.2 Å². The van der Waals surface area contributed by atoms with Crippen LogP contribution in [0.1, 0.15) is 41.2 Å². The highest BCUT2D eigenvalue weighted by molar-refractivity contribution is 5.94. The van der Waals surface area contributed by atoms with E-state index < -0.39 is 0 Å². The Hall–Kier alpha value is -2.63. The summed E-state index contributed by atoms with van der Waals surface area (Å²) in [7, 11) is 0. The zero-order chi connectivity index (χ0) is 20.3. The molecule has 1 aromatic heterocycles. The van der Waals surface area contributed by atoms with Crippen molar-refractivity contribution in [2.45, 2.75) is 40.7 Å². The molecule has 0 unspecified atom stereocenters. The average Bonchev–Trinajstić information content (AvgIpc) is 2.95. The number of amides is 2. The molecule has 0 atom stereocenters. The van der Waals surface area contributed by atoms with Gasteiger partial charge in [-0.25, -0.2) is 0 Å². The molecule has 28 heavy (non-hydrogen) atoms. The normalized spacial score (nSPS) is 14.6. The second-order valence-corrected chi connectivity index (χ2v) is 7.94. The minimum absolute atomic E-state index is 0.0364. The van der Waals surface area contributed by atoms with Gasteiger partial charge in [-0.3, -0.25) is 14.3 Å². The quantitative estimate of drug-likeness (QED) is 0.799. The van der Waals surface area contributed by atoms with Crippen LogP contribution in [0.3, 0.4) is 0 Å². The molecule has 2 amide bonds. The van der Waals surface area contributed by atoms with Gasteiger partial charge in [-0.05, 0) is 31.9 Å². The smallest absolute Gasteiger partial charge is 0.253 e. The van der Waals surface area contributed by atoms with E-state index >= 15 is 0 Å². The highest BCUT2D eigenvalue weighted by Gasteiger charge is 2.26. The monoisotopic (exact) mass is 382 g/mol. The number of benzene rings is 1. The van der Waals surface area contributed by atoms with E-state index in [2.05, 4.69) is 18.9 Å². The van der Waals surface area contributed by atoms with Gasteiger partial charge in [0.15, 0.2) is 0 Å². The highest BCUT2D eigenvalue weighted by Crippen LogP contribution is 2.17. The van der Waals surface area contributed by atoms with Gasteiger partial charge in [-0.15, -0.1) is 0 Å². The van der Waals surface area contributed by atoms with Gasteiger partial charge >= 0.3 is 0 Å². The molecule has 0 radical (unpaired) electrons. The minimum atomic E-state index is 0.0364. The van der Waals surface area contributed by atoms with E-state index in [1.165, 1.54) is 0 Å². The number of carbonyl (C=O) groups excluding carboxylic acids is 2. The fraction of sp³-hybridized carbons (Fsp3) is 0.500. The predicted octanol–water partition coefficient (Wildman–Crippen LogP) is 2.68. The van der Waals surface area contributed by atoms with E-state index in [0.29, 0.717) is 44.1 Å². The molecule has 1 aliphatic heterocycles. The summed E-state index contributed by atoms with van der Waals surface area (Å²) in [5.41, 5.74) is 3.75. The Kier molecular flexibility index (Phi) is 6.17. The Balaban J connectivity index is 1.59. The fourth-order valence-corrected chi connectivity index (χ4v) is 3.70. The number of piperazine rings is 1. The molecule has 2 heterocycles. The Labute approximate surface area is 167 Å². The van der Waals surface area contributed by atoms with E-state index in [0.717, 1.165) is 23.5 Å². The van der Waals surface area contributed by atoms with Crippen molar-refractivity contribution in [1.29, 1.82) is 0 Å². The van der Waals surface area contributed by atoms with Crippen LogP contribution in [0.25, 0.3) is 0 Å². The highest BCUT2D eigenvalue weighted by atomic mass is 16.2. The van der Waals surface area contributed by atoms with Crippen molar-refractivity contribution >= 4 is 11.8 Å². The molecule has 2 aromatic rings. The summed E-state index contributed by atoms with van der Waals surface area (Å²) < 4.78 is 2.01. The maximum atomic E-state index is 12.8. The van der Waals surface area contributed by atoms with E-state index in [1.54, 1.807) is 0 Å². The minimum Gasteiger partial charge on any atom is -0.339 e. The first-order chi connectivity index (χ1) is 13.4. The maximum absolute atomic E-state index is 12.8. The molecule has 0 N–H and O–H groups in total. The number of carbonyl (C=O) groups is 2. The summed E-state index contributed by atoms with van der Waals surface area (Å²) in [4.78, 5) is 29.1. The Bertz CT molecular complexity index is 834. The lowest BCUT2D eigenvalue weighted by molar-refractivity contribution is -0.131. The first kappa shape index (κ1) is 20.1. The lowest BCUT2D eigenvalue weighted by Crippen LogP contribution is -2.51. The first-order valence-corrected chi connectivity index (χ1v) is 10.0. The van der Waals surface area contributed by atoms with Gasteiger partial charge in [0.1, 0.15) is 0 Å². The molecule has 0 bridgehead atoms. The van der Waals surface area contributed by atoms with Gasteiger partial charge in [-0.2, -0.15) is 5.10 Å². The van der Waals surface area contributed by atoms with Crippen molar-refractivity contribution in [3.63, 3.8) is 0 Å².